The molecule has 0 saturated carbocycles. The molecular formula is C18H22N4O5. The van der Waals surface area contributed by atoms with E-state index in [0.717, 1.165) is 11.1 Å². The highest BCUT2D eigenvalue weighted by Crippen LogP contribution is 2.13. The summed E-state index contributed by atoms with van der Waals surface area (Å²) in [5.41, 5.74) is -0.431. The van der Waals surface area contributed by atoms with Gasteiger partial charge in [-0.25, -0.2) is 14.3 Å². The number of carbonyl (C=O) groups excluding carboxylic acids is 3. The number of fused-ring (bicyclic) bond motifs is 1. The van der Waals surface area contributed by atoms with Crippen LogP contribution in [0.5, 0.6) is 0 Å². The van der Waals surface area contributed by atoms with Crippen LogP contribution >= 0.6 is 0 Å². The molecule has 0 aliphatic rings. The number of nitrogens with zero attached hydrogens (tertiary/aromatic N) is 2. The third-order valence-corrected chi connectivity index (χ3v) is 3.74. The predicted octanol–water partition coefficient (Wildman–Crippen LogP) is 0.962. The van der Waals surface area contributed by atoms with Crippen LogP contribution in [0.25, 0.3) is 10.8 Å². The van der Waals surface area contributed by atoms with Crippen molar-refractivity contribution in [2.45, 2.75) is 20.3 Å². The molecule has 2 N–H and O–H groups in total. The fourth-order valence-corrected chi connectivity index (χ4v) is 2.33. The molecule has 9 nitrogen and oxygen atoms in total. The lowest BCUT2D eigenvalue weighted by Crippen LogP contribution is -2.42. The van der Waals surface area contributed by atoms with Crippen LogP contribution in [-0.4, -0.2) is 40.8 Å². The van der Waals surface area contributed by atoms with Gasteiger partial charge in [0.05, 0.1) is 5.39 Å². The Morgan fingerprint density at radius 3 is 2.52 bits per heavy atom. The number of ether oxygens (including phenoxy) is 1. The SMILES string of the molecule is CC(C)CCNC(=O)NC(=O)COC(=O)c1nn(C)c(=O)c2ccccc12. The van der Waals surface area contributed by atoms with E-state index in [9.17, 15) is 19.2 Å². The highest BCUT2D eigenvalue weighted by Gasteiger charge is 2.18. The van der Waals surface area contributed by atoms with Gasteiger partial charge in [0.15, 0.2) is 12.3 Å². The first kappa shape index (κ1) is 20.1. The van der Waals surface area contributed by atoms with E-state index in [1.165, 1.54) is 7.05 Å². The maximum absolute atomic E-state index is 12.3. The molecule has 3 amide bonds. The number of urea groups is 1. The fraction of sp³-hybridized carbons (Fsp3) is 0.389. The number of benzene rings is 1. The molecule has 1 aromatic heterocycles. The van der Waals surface area contributed by atoms with Gasteiger partial charge in [0.1, 0.15) is 0 Å². The number of amides is 3. The third-order valence-electron chi connectivity index (χ3n) is 3.74. The second-order valence-electron chi connectivity index (χ2n) is 6.39. The molecule has 1 aromatic carbocycles. The molecule has 2 aromatic rings. The monoisotopic (exact) mass is 374 g/mol. The zero-order chi connectivity index (χ0) is 20.0. The van der Waals surface area contributed by atoms with Gasteiger partial charge in [0.2, 0.25) is 0 Å². The summed E-state index contributed by atoms with van der Waals surface area (Å²) >= 11 is 0. The van der Waals surface area contributed by atoms with Crippen molar-refractivity contribution in [3.05, 3.63) is 40.3 Å². The Morgan fingerprint density at radius 1 is 1.19 bits per heavy atom. The second-order valence-corrected chi connectivity index (χ2v) is 6.39. The van der Waals surface area contributed by atoms with E-state index in [1.54, 1.807) is 24.3 Å². The summed E-state index contributed by atoms with van der Waals surface area (Å²) in [5, 5.41) is 9.18. The summed E-state index contributed by atoms with van der Waals surface area (Å²) in [5.74, 6) is -1.21. The van der Waals surface area contributed by atoms with E-state index in [1.807, 2.05) is 13.8 Å². The summed E-state index contributed by atoms with van der Waals surface area (Å²) in [4.78, 5) is 47.7. The lowest BCUT2D eigenvalue weighted by Gasteiger charge is -2.09. The quantitative estimate of drug-likeness (QED) is 0.727. The Balaban J connectivity index is 1.97. The Morgan fingerprint density at radius 2 is 1.85 bits per heavy atom. The first-order valence-corrected chi connectivity index (χ1v) is 8.50. The van der Waals surface area contributed by atoms with Crippen LogP contribution in [0, 0.1) is 5.92 Å². The number of rotatable bonds is 6. The van der Waals surface area contributed by atoms with Gasteiger partial charge in [0.25, 0.3) is 11.5 Å². The number of nitrogens with one attached hydrogen (secondary N) is 2. The van der Waals surface area contributed by atoms with Crippen LogP contribution in [0.2, 0.25) is 0 Å². The molecule has 0 aliphatic carbocycles. The summed E-state index contributed by atoms with van der Waals surface area (Å²) in [6.07, 6.45) is 0.780. The Hall–Kier alpha value is -3.23. The first-order valence-electron chi connectivity index (χ1n) is 8.50. The number of carbonyl (C=O) groups is 3. The van der Waals surface area contributed by atoms with Gasteiger partial charge >= 0.3 is 12.0 Å². The number of aromatic nitrogens is 2. The molecule has 0 aliphatic heterocycles. The van der Waals surface area contributed by atoms with Crippen molar-refractivity contribution in [1.29, 1.82) is 0 Å². The van der Waals surface area contributed by atoms with E-state index >= 15 is 0 Å². The van der Waals surface area contributed by atoms with Crippen LogP contribution in [-0.2, 0) is 16.6 Å². The highest BCUT2D eigenvalue weighted by molar-refractivity contribution is 6.03. The average Bonchev–Trinajstić information content (AvgIpc) is 2.62. The number of hydrogen-bond acceptors (Lipinski definition) is 6. The van der Waals surface area contributed by atoms with E-state index in [-0.39, 0.29) is 11.3 Å². The topological polar surface area (TPSA) is 119 Å². The summed E-state index contributed by atoms with van der Waals surface area (Å²) in [7, 11) is 1.42. The van der Waals surface area contributed by atoms with Crippen molar-refractivity contribution >= 4 is 28.7 Å². The molecule has 0 fully saturated rings. The van der Waals surface area contributed by atoms with Crippen LogP contribution in [0.3, 0.4) is 0 Å². The van der Waals surface area contributed by atoms with Crippen molar-refractivity contribution in [3.8, 4) is 0 Å². The van der Waals surface area contributed by atoms with Crippen LogP contribution in [0.4, 0.5) is 4.79 Å². The molecule has 1 heterocycles. The molecule has 0 radical (unpaired) electrons. The minimum Gasteiger partial charge on any atom is -0.451 e. The molecule has 0 unspecified atom stereocenters. The van der Waals surface area contributed by atoms with Gasteiger partial charge in [-0.1, -0.05) is 32.0 Å². The van der Waals surface area contributed by atoms with Crippen molar-refractivity contribution in [1.82, 2.24) is 20.4 Å². The molecule has 144 valence electrons. The Bertz CT molecular complexity index is 920. The molecular weight excluding hydrogens is 352 g/mol. The third kappa shape index (κ3) is 5.37. The predicted molar refractivity (Wildman–Crippen MR) is 98.3 cm³/mol. The van der Waals surface area contributed by atoms with Gasteiger partial charge < -0.3 is 10.1 Å². The maximum Gasteiger partial charge on any atom is 0.359 e. The van der Waals surface area contributed by atoms with Gasteiger partial charge in [-0.05, 0) is 18.4 Å². The van der Waals surface area contributed by atoms with Crippen LogP contribution < -0.4 is 16.2 Å². The molecule has 0 atom stereocenters. The number of esters is 1. The van der Waals surface area contributed by atoms with Crippen LogP contribution in [0.1, 0.15) is 30.8 Å². The van der Waals surface area contributed by atoms with Crippen molar-refractivity contribution in [2.24, 2.45) is 13.0 Å². The van der Waals surface area contributed by atoms with E-state index in [2.05, 4.69) is 15.7 Å². The zero-order valence-corrected chi connectivity index (χ0v) is 15.4. The van der Waals surface area contributed by atoms with E-state index in [4.69, 9.17) is 4.74 Å². The number of imide groups is 1. The second kappa shape index (κ2) is 8.93. The number of aryl methyl sites for hydroxylation is 1. The van der Waals surface area contributed by atoms with E-state index in [0.29, 0.717) is 23.2 Å². The normalized spacial score (nSPS) is 10.7. The van der Waals surface area contributed by atoms with Crippen molar-refractivity contribution < 1.29 is 19.1 Å². The first-order chi connectivity index (χ1) is 12.8. The minimum absolute atomic E-state index is 0.0816. The van der Waals surface area contributed by atoms with Gasteiger partial charge in [-0.2, -0.15) is 5.10 Å². The fourth-order valence-electron chi connectivity index (χ4n) is 2.33. The highest BCUT2D eigenvalue weighted by atomic mass is 16.5. The largest absolute Gasteiger partial charge is 0.451 e. The Labute approximate surface area is 155 Å². The van der Waals surface area contributed by atoms with Crippen molar-refractivity contribution in [2.75, 3.05) is 13.2 Å². The van der Waals surface area contributed by atoms with E-state index < -0.39 is 24.5 Å². The minimum atomic E-state index is -0.864. The molecule has 0 saturated heterocycles. The molecule has 0 spiro atoms. The lowest BCUT2D eigenvalue weighted by molar-refractivity contribution is -0.123. The van der Waals surface area contributed by atoms with Gasteiger partial charge in [-0.3, -0.25) is 14.9 Å². The number of hydrogen-bond donors (Lipinski definition) is 2. The summed E-state index contributed by atoms with van der Waals surface area (Å²) in [6.45, 7) is 3.82. The molecule has 0 bridgehead atoms. The zero-order valence-electron chi connectivity index (χ0n) is 15.4. The molecule has 2 rings (SSSR count). The van der Waals surface area contributed by atoms with Gasteiger partial charge in [0, 0.05) is 19.0 Å². The standard InChI is InChI=1S/C18H22N4O5/c1-11(2)8-9-19-18(26)20-14(23)10-27-17(25)15-12-6-4-5-7-13(12)16(24)22(3)21-15/h4-7,11H,8-10H2,1-3H3,(H2,19,20,23,26). The average molecular weight is 374 g/mol. The lowest BCUT2D eigenvalue weighted by atomic mass is 10.1. The van der Waals surface area contributed by atoms with Crippen LogP contribution in [0.15, 0.2) is 29.1 Å². The van der Waals surface area contributed by atoms with Gasteiger partial charge in [-0.15, -0.1) is 0 Å². The Kier molecular flexibility index (Phi) is 6.64. The smallest absolute Gasteiger partial charge is 0.359 e. The summed E-state index contributed by atoms with van der Waals surface area (Å²) in [6, 6.07) is 5.83. The van der Waals surface area contributed by atoms with Crippen molar-refractivity contribution in [3.63, 3.8) is 0 Å². The summed E-state index contributed by atoms with van der Waals surface area (Å²) < 4.78 is 5.96. The molecule has 9 heteroatoms. The maximum atomic E-state index is 12.3. The molecule has 27 heavy (non-hydrogen) atoms.